The highest BCUT2D eigenvalue weighted by Gasteiger charge is 2.15. The Bertz CT molecular complexity index is 1310. The molecule has 0 aliphatic rings. The fraction of sp³-hybridized carbons (Fsp3) is 0.185. The number of aromatic carboxylic acids is 1. The van der Waals surface area contributed by atoms with Gasteiger partial charge in [-0.2, -0.15) is 0 Å². The maximum Gasteiger partial charge on any atom is 0.335 e. The van der Waals surface area contributed by atoms with Crippen molar-refractivity contribution < 1.29 is 19.4 Å². The molecule has 3 aromatic carbocycles. The van der Waals surface area contributed by atoms with E-state index < -0.39 is 5.97 Å². The Hall–Kier alpha value is -4.06. The molecule has 4 rings (SSSR count). The van der Waals surface area contributed by atoms with Gasteiger partial charge in [0.05, 0.1) is 12.7 Å². The molecule has 168 valence electrons. The number of nitrogens with zero attached hydrogens (tertiary/aromatic N) is 1. The van der Waals surface area contributed by atoms with E-state index in [2.05, 4.69) is 5.32 Å². The molecule has 4 aromatic rings. The molecule has 1 heterocycles. The number of benzene rings is 3. The van der Waals surface area contributed by atoms with Crippen molar-refractivity contribution in [3.63, 3.8) is 0 Å². The Morgan fingerprint density at radius 3 is 2.45 bits per heavy atom. The van der Waals surface area contributed by atoms with Crippen LogP contribution in [0.1, 0.15) is 37.4 Å². The van der Waals surface area contributed by atoms with Gasteiger partial charge in [-0.3, -0.25) is 4.79 Å². The number of methoxy groups -OCH3 is 1. The van der Waals surface area contributed by atoms with Crippen molar-refractivity contribution in [1.29, 1.82) is 0 Å². The summed E-state index contributed by atoms with van der Waals surface area (Å²) in [6.45, 7) is 0.565. The topological polar surface area (TPSA) is 80.6 Å². The van der Waals surface area contributed by atoms with Crippen molar-refractivity contribution in [2.45, 2.75) is 12.8 Å². The lowest BCUT2D eigenvalue weighted by Crippen LogP contribution is -2.25. The normalized spacial score (nSPS) is 10.8. The van der Waals surface area contributed by atoms with E-state index in [1.165, 1.54) is 18.7 Å². The van der Waals surface area contributed by atoms with Crippen molar-refractivity contribution in [1.82, 2.24) is 9.88 Å². The molecule has 33 heavy (non-hydrogen) atoms. The number of carbonyl (C=O) groups excluding carboxylic acids is 1. The molecule has 0 unspecified atom stereocenters. The van der Waals surface area contributed by atoms with Gasteiger partial charge in [-0.25, -0.2) is 4.79 Å². The molecule has 1 aromatic heterocycles. The molecule has 6 heteroatoms. The van der Waals surface area contributed by atoms with Gasteiger partial charge in [-0.05, 0) is 53.4 Å². The van der Waals surface area contributed by atoms with E-state index in [0.717, 1.165) is 28.5 Å². The van der Waals surface area contributed by atoms with Gasteiger partial charge in [0.25, 0.3) is 5.91 Å². The van der Waals surface area contributed by atoms with Gasteiger partial charge in [0.15, 0.2) is 0 Å². The van der Waals surface area contributed by atoms with Gasteiger partial charge < -0.3 is 19.7 Å². The largest absolute Gasteiger partial charge is 0.496 e. The van der Waals surface area contributed by atoms with Crippen LogP contribution >= 0.6 is 0 Å². The number of hydrogen-bond donors (Lipinski definition) is 2. The van der Waals surface area contributed by atoms with Crippen LogP contribution in [0.25, 0.3) is 10.9 Å². The second-order valence-corrected chi connectivity index (χ2v) is 8.00. The van der Waals surface area contributed by atoms with E-state index in [0.29, 0.717) is 24.3 Å². The third kappa shape index (κ3) is 4.90. The zero-order valence-corrected chi connectivity index (χ0v) is 18.7. The zero-order valence-electron chi connectivity index (χ0n) is 18.7. The number of fused-ring (bicyclic) bond motifs is 1. The molecule has 0 saturated carbocycles. The molecule has 1 amide bonds. The standard InChI is InChI=1S/C27H26N2O4/c1-29-17-22(14-19-8-9-21(27(31)32)16-25(19)33-2)23-15-20(10-11-24(23)29)26(30)28-13-12-18-6-4-3-5-7-18/h3-11,15-17H,12-14H2,1-2H3,(H,28,30)(H,31,32). The van der Waals surface area contributed by atoms with Crippen molar-refractivity contribution in [2.24, 2.45) is 7.05 Å². The number of carbonyl (C=O) groups is 2. The first-order valence-corrected chi connectivity index (χ1v) is 10.8. The van der Waals surface area contributed by atoms with Crippen molar-refractivity contribution >= 4 is 22.8 Å². The van der Waals surface area contributed by atoms with Gasteiger partial charge in [0.2, 0.25) is 0 Å². The highest BCUT2D eigenvalue weighted by atomic mass is 16.5. The molecule has 0 atom stereocenters. The van der Waals surface area contributed by atoms with Gasteiger partial charge in [-0.15, -0.1) is 0 Å². The van der Waals surface area contributed by atoms with Gasteiger partial charge in [0, 0.05) is 42.7 Å². The second-order valence-electron chi connectivity index (χ2n) is 8.00. The second kappa shape index (κ2) is 9.61. The molecule has 0 aliphatic carbocycles. The number of rotatable bonds is 8. The van der Waals surface area contributed by atoms with E-state index in [1.807, 2.05) is 66.3 Å². The van der Waals surface area contributed by atoms with Crippen LogP contribution in [0.4, 0.5) is 0 Å². The lowest BCUT2D eigenvalue weighted by molar-refractivity contribution is 0.0696. The lowest BCUT2D eigenvalue weighted by Gasteiger charge is -2.10. The number of nitrogens with one attached hydrogen (secondary N) is 1. The van der Waals surface area contributed by atoms with Crippen LogP contribution in [-0.4, -0.2) is 35.2 Å². The van der Waals surface area contributed by atoms with Crippen LogP contribution in [0.15, 0.2) is 72.9 Å². The molecule has 0 radical (unpaired) electrons. The van der Waals surface area contributed by atoms with E-state index in [-0.39, 0.29) is 11.5 Å². The summed E-state index contributed by atoms with van der Waals surface area (Å²) in [5, 5.41) is 13.2. The third-order valence-electron chi connectivity index (χ3n) is 5.79. The summed E-state index contributed by atoms with van der Waals surface area (Å²) in [7, 11) is 3.50. The van der Waals surface area contributed by atoms with Gasteiger partial charge in [-0.1, -0.05) is 36.4 Å². The van der Waals surface area contributed by atoms with Crippen LogP contribution in [-0.2, 0) is 19.9 Å². The highest BCUT2D eigenvalue weighted by molar-refractivity contribution is 5.99. The summed E-state index contributed by atoms with van der Waals surface area (Å²) in [6, 6.07) is 20.7. The SMILES string of the molecule is COc1cc(C(=O)O)ccc1Cc1cn(C)c2ccc(C(=O)NCCc3ccccc3)cc12. The number of carboxylic acids is 1. The van der Waals surface area contributed by atoms with Crippen LogP contribution in [0, 0.1) is 0 Å². The summed E-state index contributed by atoms with van der Waals surface area (Å²) >= 11 is 0. The fourth-order valence-corrected chi connectivity index (χ4v) is 4.05. The quantitative estimate of drug-likeness (QED) is 0.423. The number of ether oxygens (including phenoxy) is 1. The summed E-state index contributed by atoms with van der Waals surface area (Å²) in [6.07, 6.45) is 3.36. The summed E-state index contributed by atoms with van der Waals surface area (Å²) in [5.74, 6) is -0.569. The first-order valence-electron chi connectivity index (χ1n) is 10.8. The molecule has 0 saturated heterocycles. The summed E-state index contributed by atoms with van der Waals surface area (Å²) in [5.41, 5.74) is 4.91. The highest BCUT2D eigenvalue weighted by Crippen LogP contribution is 2.28. The van der Waals surface area contributed by atoms with Crippen molar-refractivity contribution in [3.05, 3.63) is 101 Å². The van der Waals surface area contributed by atoms with E-state index in [4.69, 9.17) is 4.74 Å². The molecular weight excluding hydrogens is 416 g/mol. The van der Waals surface area contributed by atoms with Crippen molar-refractivity contribution in [2.75, 3.05) is 13.7 Å². The fourth-order valence-electron chi connectivity index (χ4n) is 4.05. The minimum absolute atomic E-state index is 0.106. The first kappa shape index (κ1) is 22.1. The van der Waals surface area contributed by atoms with E-state index in [9.17, 15) is 14.7 Å². The van der Waals surface area contributed by atoms with E-state index >= 15 is 0 Å². The molecule has 0 fully saturated rings. The lowest BCUT2D eigenvalue weighted by atomic mass is 10.0. The third-order valence-corrected chi connectivity index (χ3v) is 5.79. The van der Waals surface area contributed by atoms with Gasteiger partial charge >= 0.3 is 5.97 Å². The predicted molar refractivity (Wildman–Crippen MR) is 128 cm³/mol. The molecular formula is C27H26N2O4. The molecule has 0 aliphatic heterocycles. The summed E-state index contributed by atoms with van der Waals surface area (Å²) in [4.78, 5) is 24.0. The van der Waals surface area contributed by atoms with Crippen LogP contribution in [0.3, 0.4) is 0 Å². The first-order chi connectivity index (χ1) is 16.0. The Balaban J connectivity index is 1.56. The number of aromatic nitrogens is 1. The Labute approximate surface area is 192 Å². The molecule has 6 nitrogen and oxygen atoms in total. The number of amides is 1. The molecule has 0 spiro atoms. The van der Waals surface area contributed by atoms with E-state index in [1.54, 1.807) is 12.1 Å². The summed E-state index contributed by atoms with van der Waals surface area (Å²) < 4.78 is 7.46. The minimum Gasteiger partial charge on any atom is -0.496 e. The maximum atomic E-state index is 12.8. The maximum absolute atomic E-state index is 12.8. The molecule has 2 N–H and O–H groups in total. The average molecular weight is 443 g/mol. The Kier molecular flexibility index (Phi) is 6.45. The zero-order chi connectivity index (χ0) is 23.4. The van der Waals surface area contributed by atoms with Crippen molar-refractivity contribution in [3.8, 4) is 5.75 Å². The number of aryl methyl sites for hydroxylation is 1. The number of hydrogen-bond acceptors (Lipinski definition) is 3. The van der Waals surface area contributed by atoms with Crippen LogP contribution < -0.4 is 10.1 Å². The van der Waals surface area contributed by atoms with Gasteiger partial charge in [0.1, 0.15) is 5.75 Å². The Morgan fingerprint density at radius 1 is 0.970 bits per heavy atom. The predicted octanol–water partition coefficient (Wildman–Crippen LogP) is 4.45. The smallest absolute Gasteiger partial charge is 0.335 e. The molecule has 0 bridgehead atoms. The van der Waals surface area contributed by atoms with Crippen LogP contribution in [0.5, 0.6) is 5.75 Å². The average Bonchev–Trinajstić information content (AvgIpc) is 3.14. The van der Waals surface area contributed by atoms with Crippen LogP contribution in [0.2, 0.25) is 0 Å². The Morgan fingerprint density at radius 2 is 1.73 bits per heavy atom. The number of carboxylic acid groups (broad SMARTS) is 1. The monoisotopic (exact) mass is 442 g/mol. The minimum atomic E-state index is -0.993.